The van der Waals surface area contributed by atoms with E-state index >= 15 is 0 Å². The summed E-state index contributed by atoms with van der Waals surface area (Å²) in [6, 6.07) is 1.98. The van der Waals surface area contributed by atoms with Crippen molar-refractivity contribution in [3.05, 3.63) is 36.0 Å². The maximum atomic E-state index is 5.52. The van der Waals surface area contributed by atoms with Crippen LogP contribution in [0.2, 0.25) is 0 Å². The van der Waals surface area contributed by atoms with Crippen LogP contribution in [0.3, 0.4) is 0 Å². The Balaban J connectivity index is 1.48. The van der Waals surface area contributed by atoms with E-state index in [4.69, 9.17) is 14.8 Å². The van der Waals surface area contributed by atoms with Crippen LogP contribution in [0.5, 0.6) is 0 Å². The van der Waals surface area contributed by atoms with Crippen molar-refractivity contribution in [2.24, 2.45) is 7.05 Å². The van der Waals surface area contributed by atoms with E-state index in [0.29, 0.717) is 18.0 Å². The second-order valence-electron chi connectivity index (χ2n) is 7.70. The number of anilines is 2. The predicted molar refractivity (Wildman–Crippen MR) is 109 cm³/mol. The Morgan fingerprint density at radius 2 is 2.00 bits per heavy atom. The van der Waals surface area contributed by atoms with Crippen molar-refractivity contribution in [1.29, 1.82) is 0 Å². The molecular formula is C20H24N8O. The van der Waals surface area contributed by atoms with Crippen LogP contribution in [-0.2, 0) is 11.8 Å². The molecule has 0 aliphatic heterocycles. The number of aromatic nitrogens is 7. The molecule has 0 unspecified atom stereocenters. The van der Waals surface area contributed by atoms with E-state index in [1.54, 1.807) is 18.0 Å². The number of ether oxygens (including phenoxy) is 1. The van der Waals surface area contributed by atoms with E-state index in [2.05, 4.69) is 20.4 Å². The molecule has 0 amide bonds. The highest BCUT2D eigenvalue weighted by molar-refractivity contribution is 5.79. The molecule has 0 radical (unpaired) electrons. The maximum Gasteiger partial charge on any atom is 0.227 e. The van der Waals surface area contributed by atoms with Crippen LogP contribution in [0.15, 0.2) is 24.8 Å². The topological polar surface area (TPSA) is 95.0 Å². The van der Waals surface area contributed by atoms with Gasteiger partial charge in [-0.1, -0.05) is 0 Å². The van der Waals surface area contributed by atoms with Gasteiger partial charge in [-0.15, -0.1) is 0 Å². The first-order valence-corrected chi connectivity index (χ1v) is 9.92. The van der Waals surface area contributed by atoms with Gasteiger partial charge in [0.2, 0.25) is 5.95 Å². The lowest BCUT2D eigenvalue weighted by Gasteiger charge is -2.26. The molecule has 0 bridgehead atoms. The molecule has 150 valence electrons. The number of aryl methyl sites for hydroxylation is 2. The van der Waals surface area contributed by atoms with Gasteiger partial charge in [-0.05, 0) is 44.2 Å². The van der Waals surface area contributed by atoms with E-state index < -0.39 is 0 Å². The Labute approximate surface area is 168 Å². The van der Waals surface area contributed by atoms with Crippen molar-refractivity contribution in [2.45, 2.75) is 44.6 Å². The molecule has 0 aromatic carbocycles. The summed E-state index contributed by atoms with van der Waals surface area (Å²) in [4.78, 5) is 13.6. The number of rotatable bonds is 4. The first-order chi connectivity index (χ1) is 14.1. The predicted octanol–water partition coefficient (Wildman–Crippen LogP) is 3.13. The normalized spacial score (nSPS) is 19.8. The van der Waals surface area contributed by atoms with Crippen LogP contribution in [0.25, 0.3) is 16.7 Å². The minimum atomic E-state index is 0.364. The number of nitrogens with zero attached hydrogens (tertiary/aromatic N) is 7. The third-order valence-corrected chi connectivity index (χ3v) is 5.88. The molecule has 9 nitrogen and oxygen atoms in total. The highest BCUT2D eigenvalue weighted by atomic mass is 16.5. The Morgan fingerprint density at radius 3 is 2.79 bits per heavy atom. The van der Waals surface area contributed by atoms with E-state index in [-0.39, 0.29) is 0 Å². The molecule has 0 atom stereocenters. The van der Waals surface area contributed by atoms with Crippen LogP contribution in [0.4, 0.5) is 11.6 Å². The lowest BCUT2D eigenvalue weighted by atomic mass is 9.85. The summed E-state index contributed by atoms with van der Waals surface area (Å²) >= 11 is 0. The number of pyridine rings is 1. The number of fused-ring (bicyclic) bond motifs is 2. The van der Waals surface area contributed by atoms with E-state index in [1.807, 2.05) is 37.1 Å². The second kappa shape index (κ2) is 7.07. The van der Waals surface area contributed by atoms with Gasteiger partial charge in [0.1, 0.15) is 17.4 Å². The average Bonchev–Trinajstić information content (AvgIpc) is 3.32. The van der Waals surface area contributed by atoms with Crippen molar-refractivity contribution < 1.29 is 4.74 Å². The van der Waals surface area contributed by atoms with Gasteiger partial charge in [-0.2, -0.15) is 10.2 Å². The average molecular weight is 392 g/mol. The lowest BCUT2D eigenvalue weighted by Crippen LogP contribution is -2.19. The Hall–Kier alpha value is -3.07. The minimum absolute atomic E-state index is 0.364. The molecule has 4 aromatic heterocycles. The molecule has 4 heterocycles. The van der Waals surface area contributed by atoms with Crippen molar-refractivity contribution in [3.63, 3.8) is 0 Å². The van der Waals surface area contributed by atoms with E-state index in [9.17, 15) is 0 Å². The van der Waals surface area contributed by atoms with Gasteiger partial charge in [0.25, 0.3) is 0 Å². The number of hydrogen-bond donors (Lipinski definition) is 1. The first kappa shape index (κ1) is 18.0. The van der Waals surface area contributed by atoms with Crippen molar-refractivity contribution in [3.8, 4) is 0 Å². The third-order valence-electron chi connectivity index (χ3n) is 5.88. The van der Waals surface area contributed by atoms with Gasteiger partial charge >= 0.3 is 0 Å². The smallest absolute Gasteiger partial charge is 0.227 e. The largest absolute Gasteiger partial charge is 0.381 e. The molecule has 4 aromatic rings. The minimum Gasteiger partial charge on any atom is -0.381 e. The molecule has 0 saturated heterocycles. The van der Waals surface area contributed by atoms with Gasteiger partial charge in [0.15, 0.2) is 5.65 Å². The number of hydrogen-bond acceptors (Lipinski definition) is 7. The molecule has 1 saturated carbocycles. The summed E-state index contributed by atoms with van der Waals surface area (Å²) in [7, 11) is 3.75. The van der Waals surface area contributed by atoms with Gasteiger partial charge in [-0.25, -0.2) is 19.5 Å². The monoisotopic (exact) mass is 392 g/mol. The Bertz CT molecular complexity index is 1170. The second-order valence-corrected chi connectivity index (χ2v) is 7.70. The Kier molecular flexibility index (Phi) is 4.39. The molecule has 0 spiro atoms. The summed E-state index contributed by atoms with van der Waals surface area (Å²) in [6.07, 6.45) is 9.91. The fourth-order valence-electron chi connectivity index (χ4n) is 4.18. The fourth-order valence-corrected chi connectivity index (χ4v) is 4.18. The van der Waals surface area contributed by atoms with E-state index in [1.165, 1.54) is 0 Å². The van der Waals surface area contributed by atoms with Crippen LogP contribution in [0, 0.1) is 6.92 Å². The molecule has 5 rings (SSSR count). The standard InChI is InChI=1S/C20H24N8O/c1-12-8-17-22-11-23-28(17)10-15(12)24-20-21-9-16-19(25-20)18(26-27(16)2)13-4-6-14(29-3)7-5-13/h8-11,13-14H,4-7H2,1-3H3,(H,21,24,25)/t13-,14+. The first-order valence-electron chi connectivity index (χ1n) is 9.92. The number of methoxy groups -OCH3 is 1. The van der Waals surface area contributed by atoms with Crippen LogP contribution in [-0.4, -0.2) is 47.6 Å². The Morgan fingerprint density at radius 1 is 1.17 bits per heavy atom. The highest BCUT2D eigenvalue weighted by Gasteiger charge is 2.27. The molecule has 29 heavy (non-hydrogen) atoms. The van der Waals surface area contributed by atoms with Crippen LogP contribution >= 0.6 is 0 Å². The third kappa shape index (κ3) is 3.21. The zero-order chi connectivity index (χ0) is 20.0. The number of nitrogens with one attached hydrogen (secondary N) is 1. The van der Waals surface area contributed by atoms with Crippen molar-refractivity contribution >= 4 is 28.3 Å². The quantitative estimate of drug-likeness (QED) is 0.570. The summed E-state index contributed by atoms with van der Waals surface area (Å²) in [5.41, 5.74) is 5.69. The maximum absolute atomic E-state index is 5.52. The molecule has 9 heteroatoms. The van der Waals surface area contributed by atoms with Gasteiger partial charge in [0.05, 0.1) is 29.9 Å². The van der Waals surface area contributed by atoms with Gasteiger partial charge in [-0.3, -0.25) is 4.68 Å². The van der Waals surface area contributed by atoms with Gasteiger partial charge in [0, 0.05) is 20.1 Å². The van der Waals surface area contributed by atoms with Crippen molar-refractivity contribution in [2.75, 3.05) is 12.4 Å². The summed E-state index contributed by atoms with van der Waals surface area (Å²) in [5, 5.41) is 12.3. The van der Waals surface area contributed by atoms with Gasteiger partial charge < -0.3 is 10.1 Å². The van der Waals surface area contributed by atoms with E-state index in [0.717, 1.165) is 59.3 Å². The van der Waals surface area contributed by atoms with Crippen molar-refractivity contribution in [1.82, 2.24) is 34.3 Å². The molecular weight excluding hydrogens is 368 g/mol. The summed E-state index contributed by atoms with van der Waals surface area (Å²) in [5.74, 6) is 0.959. The molecule has 1 N–H and O–H groups in total. The van der Waals surface area contributed by atoms with Crippen LogP contribution in [0.1, 0.15) is 42.9 Å². The SMILES string of the molecule is CO[C@H]1CC[C@@H](c2nn(C)c3cnc(Nc4cn5ncnc5cc4C)nc32)CC1. The fraction of sp³-hybridized carbons (Fsp3) is 0.450. The highest BCUT2D eigenvalue weighted by Crippen LogP contribution is 2.36. The molecule has 1 aliphatic rings. The zero-order valence-electron chi connectivity index (χ0n) is 16.8. The molecule has 1 aliphatic carbocycles. The summed E-state index contributed by atoms with van der Waals surface area (Å²) < 4.78 is 9.13. The molecule has 1 fully saturated rings. The van der Waals surface area contributed by atoms with Crippen LogP contribution < -0.4 is 5.32 Å². The zero-order valence-corrected chi connectivity index (χ0v) is 16.8. The lowest BCUT2D eigenvalue weighted by molar-refractivity contribution is 0.0655. The summed E-state index contributed by atoms with van der Waals surface area (Å²) in [6.45, 7) is 2.03.